The van der Waals surface area contributed by atoms with E-state index in [1.807, 2.05) is 18.2 Å². The average molecular weight is 295 g/mol. The van der Waals surface area contributed by atoms with Gasteiger partial charge in [-0.25, -0.2) is 0 Å². The summed E-state index contributed by atoms with van der Waals surface area (Å²) in [5.74, 6) is 1.83. The molecule has 5 heteroatoms. The number of fused-ring (bicyclic) bond motifs is 1. The van der Waals surface area contributed by atoms with Gasteiger partial charge in [-0.05, 0) is 37.4 Å². The van der Waals surface area contributed by atoms with Gasteiger partial charge in [-0.15, -0.1) is 0 Å². The first-order valence-electron chi connectivity index (χ1n) is 7.30. The molecule has 2 aliphatic rings. The van der Waals surface area contributed by atoms with Crippen molar-refractivity contribution < 1.29 is 13.7 Å². The normalized spacial score (nSPS) is 27.1. The second-order valence-electron chi connectivity index (χ2n) is 5.42. The van der Waals surface area contributed by atoms with Crippen LogP contribution in [0.1, 0.15) is 25.7 Å². The van der Waals surface area contributed by atoms with Gasteiger partial charge in [0.15, 0.2) is 11.5 Å². The number of hydrogen-bond donors (Lipinski definition) is 1. The Morgan fingerprint density at radius 1 is 1.15 bits per heavy atom. The lowest BCUT2D eigenvalue weighted by Crippen LogP contribution is -2.34. The Bertz CT molecular complexity index is 506. The Balaban J connectivity index is 1.82. The second-order valence-corrected chi connectivity index (χ2v) is 7.09. The minimum Gasteiger partial charge on any atom is -0.486 e. The van der Waals surface area contributed by atoms with E-state index < -0.39 is 10.8 Å². The molecular formula is C15H21NO3S. The van der Waals surface area contributed by atoms with Crippen LogP contribution in [-0.2, 0) is 10.8 Å². The van der Waals surface area contributed by atoms with Crippen LogP contribution in [0.3, 0.4) is 0 Å². The monoisotopic (exact) mass is 295 g/mol. The lowest BCUT2D eigenvalue weighted by Gasteiger charge is -2.30. The van der Waals surface area contributed by atoms with Gasteiger partial charge < -0.3 is 15.2 Å². The van der Waals surface area contributed by atoms with E-state index in [2.05, 4.69) is 0 Å². The molecule has 2 N–H and O–H groups in total. The van der Waals surface area contributed by atoms with Gasteiger partial charge in [0.25, 0.3) is 0 Å². The second kappa shape index (κ2) is 6.14. The Labute approximate surface area is 122 Å². The third kappa shape index (κ3) is 2.69. The molecule has 0 radical (unpaired) electrons. The summed E-state index contributed by atoms with van der Waals surface area (Å²) in [6, 6.07) is 5.63. The Morgan fingerprint density at radius 2 is 1.90 bits per heavy atom. The molecule has 1 aromatic carbocycles. The maximum Gasteiger partial charge on any atom is 0.162 e. The summed E-state index contributed by atoms with van der Waals surface area (Å²) in [6.07, 6.45) is 4.45. The van der Waals surface area contributed by atoms with E-state index in [4.69, 9.17) is 15.2 Å². The lowest BCUT2D eigenvalue weighted by atomic mass is 9.89. The summed E-state index contributed by atoms with van der Waals surface area (Å²) in [5.41, 5.74) is 5.84. The fraction of sp³-hybridized carbons (Fsp3) is 0.600. The molecule has 1 heterocycles. The third-order valence-corrected chi connectivity index (χ3v) is 6.05. The first-order chi connectivity index (χ1) is 9.79. The molecule has 20 heavy (non-hydrogen) atoms. The zero-order chi connectivity index (χ0) is 13.9. The van der Waals surface area contributed by atoms with E-state index in [9.17, 15) is 4.21 Å². The van der Waals surface area contributed by atoms with Gasteiger partial charge >= 0.3 is 0 Å². The van der Waals surface area contributed by atoms with E-state index in [1.54, 1.807) is 0 Å². The van der Waals surface area contributed by atoms with Gasteiger partial charge in [-0.1, -0.05) is 12.8 Å². The molecule has 3 rings (SSSR count). The predicted octanol–water partition coefficient (Wildman–Crippen LogP) is 2.08. The Morgan fingerprint density at radius 3 is 2.70 bits per heavy atom. The van der Waals surface area contributed by atoms with Crippen molar-refractivity contribution in [3.63, 3.8) is 0 Å². The summed E-state index contributed by atoms with van der Waals surface area (Å²) in [7, 11) is -1.01. The third-order valence-electron chi connectivity index (χ3n) is 4.16. The van der Waals surface area contributed by atoms with E-state index in [-0.39, 0.29) is 5.25 Å². The molecule has 0 spiro atoms. The molecule has 110 valence electrons. The average Bonchev–Trinajstić information content (AvgIpc) is 2.53. The van der Waals surface area contributed by atoms with Crippen molar-refractivity contribution in [2.45, 2.75) is 35.8 Å². The number of nitrogens with two attached hydrogens (primary N) is 1. The van der Waals surface area contributed by atoms with Crippen molar-refractivity contribution in [2.24, 2.45) is 11.7 Å². The van der Waals surface area contributed by atoms with Crippen LogP contribution in [-0.4, -0.2) is 29.2 Å². The molecule has 0 saturated heterocycles. The number of benzene rings is 1. The molecule has 4 nitrogen and oxygen atoms in total. The van der Waals surface area contributed by atoms with E-state index in [1.165, 1.54) is 6.42 Å². The SMILES string of the molecule is NCC1CCCCC1S(=O)c1ccc2c(c1)OCCO2. The highest BCUT2D eigenvalue weighted by Gasteiger charge is 2.30. The molecule has 0 aromatic heterocycles. The zero-order valence-electron chi connectivity index (χ0n) is 11.5. The van der Waals surface area contributed by atoms with Crippen molar-refractivity contribution >= 4 is 10.8 Å². The highest BCUT2D eigenvalue weighted by Crippen LogP contribution is 2.35. The van der Waals surface area contributed by atoms with Gasteiger partial charge in [0.2, 0.25) is 0 Å². The maximum atomic E-state index is 12.8. The Kier molecular flexibility index (Phi) is 4.27. The van der Waals surface area contributed by atoms with Gasteiger partial charge in [-0.2, -0.15) is 0 Å². The lowest BCUT2D eigenvalue weighted by molar-refractivity contribution is 0.171. The van der Waals surface area contributed by atoms with E-state index >= 15 is 0 Å². The summed E-state index contributed by atoms with van der Waals surface area (Å²) in [6.45, 7) is 1.76. The van der Waals surface area contributed by atoms with Crippen LogP contribution in [0.2, 0.25) is 0 Å². The zero-order valence-corrected chi connectivity index (χ0v) is 12.4. The van der Waals surface area contributed by atoms with Crippen LogP contribution >= 0.6 is 0 Å². The summed E-state index contributed by atoms with van der Waals surface area (Å²) >= 11 is 0. The van der Waals surface area contributed by atoms with Crippen LogP contribution < -0.4 is 15.2 Å². The summed E-state index contributed by atoms with van der Waals surface area (Å²) in [4.78, 5) is 0.833. The van der Waals surface area contributed by atoms with E-state index in [0.29, 0.717) is 31.4 Å². The van der Waals surface area contributed by atoms with Crippen LogP contribution in [0, 0.1) is 5.92 Å². The minimum atomic E-state index is -1.01. The maximum absolute atomic E-state index is 12.8. The molecule has 1 aromatic rings. The van der Waals surface area contributed by atoms with E-state index in [0.717, 1.165) is 29.9 Å². The molecule has 1 fully saturated rings. The molecule has 3 unspecified atom stereocenters. The van der Waals surface area contributed by atoms with Crippen LogP contribution in [0.15, 0.2) is 23.1 Å². The van der Waals surface area contributed by atoms with Crippen LogP contribution in [0.25, 0.3) is 0 Å². The van der Waals surface area contributed by atoms with Crippen molar-refractivity contribution in [2.75, 3.05) is 19.8 Å². The molecule has 1 aliphatic carbocycles. The molecule has 3 atom stereocenters. The standard InChI is InChI=1S/C15H21NO3S/c16-10-11-3-1-2-4-15(11)20(17)12-5-6-13-14(9-12)19-8-7-18-13/h5-6,9,11,15H,1-4,7-8,10,16H2. The number of hydrogen-bond acceptors (Lipinski definition) is 4. The van der Waals surface area contributed by atoms with Crippen molar-refractivity contribution in [1.82, 2.24) is 0 Å². The van der Waals surface area contributed by atoms with Gasteiger partial charge in [0.05, 0.1) is 10.8 Å². The minimum absolute atomic E-state index is 0.177. The quantitative estimate of drug-likeness (QED) is 0.927. The first-order valence-corrected chi connectivity index (χ1v) is 8.51. The highest BCUT2D eigenvalue weighted by molar-refractivity contribution is 7.85. The van der Waals surface area contributed by atoms with Crippen molar-refractivity contribution in [3.05, 3.63) is 18.2 Å². The smallest absolute Gasteiger partial charge is 0.162 e. The van der Waals surface area contributed by atoms with Gasteiger partial charge in [-0.3, -0.25) is 4.21 Å². The van der Waals surface area contributed by atoms with Gasteiger partial charge in [0.1, 0.15) is 13.2 Å². The topological polar surface area (TPSA) is 61.6 Å². The summed E-state index contributed by atoms with van der Waals surface area (Å²) in [5, 5.41) is 0.177. The van der Waals surface area contributed by atoms with Crippen molar-refractivity contribution in [1.29, 1.82) is 0 Å². The van der Waals surface area contributed by atoms with Gasteiger partial charge in [0, 0.05) is 16.2 Å². The van der Waals surface area contributed by atoms with Crippen molar-refractivity contribution in [3.8, 4) is 11.5 Å². The highest BCUT2D eigenvalue weighted by atomic mass is 32.2. The molecule has 0 bridgehead atoms. The molecule has 1 aliphatic heterocycles. The van der Waals surface area contributed by atoms with Crippen LogP contribution in [0.4, 0.5) is 0 Å². The number of ether oxygens (including phenoxy) is 2. The summed E-state index contributed by atoms with van der Waals surface area (Å²) < 4.78 is 23.9. The fourth-order valence-corrected chi connectivity index (χ4v) is 4.80. The number of rotatable bonds is 3. The fourth-order valence-electron chi connectivity index (χ4n) is 3.05. The first kappa shape index (κ1) is 13.9. The van der Waals surface area contributed by atoms with Crippen LogP contribution in [0.5, 0.6) is 11.5 Å². The predicted molar refractivity (Wildman–Crippen MR) is 78.6 cm³/mol. The largest absolute Gasteiger partial charge is 0.486 e. The molecular weight excluding hydrogens is 274 g/mol. The Hall–Kier alpha value is -1.07. The molecule has 0 amide bonds. The molecule has 1 saturated carbocycles.